The minimum atomic E-state index is -0.277. The number of thioether (sulfide) groups is 1. The smallest absolute Gasteiger partial charge is 0.253 e. The molecular weight excluding hydrogens is 296 g/mol. The molecule has 0 saturated carbocycles. The van der Waals surface area contributed by atoms with E-state index in [1.807, 2.05) is 23.9 Å². The lowest BCUT2D eigenvalue weighted by atomic mass is 10.1. The first kappa shape index (κ1) is 15.8. The predicted octanol–water partition coefficient (Wildman–Crippen LogP) is 2.79. The van der Waals surface area contributed by atoms with E-state index < -0.39 is 0 Å². The first-order chi connectivity index (χ1) is 10.8. The summed E-state index contributed by atoms with van der Waals surface area (Å²) in [5, 5.41) is 6.58. The molecule has 0 aromatic heterocycles. The van der Waals surface area contributed by atoms with Crippen LogP contribution in [0.2, 0.25) is 0 Å². The van der Waals surface area contributed by atoms with Gasteiger partial charge in [0.15, 0.2) is 0 Å². The first-order valence-corrected chi connectivity index (χ1v) is 9.29. The van der Waals surface area contributed by atoms with E-state index in [1.165, 1.54) is 29.9 Å². The molecule has 2 aliphatic rings. The molecule has 4 nitrogen and oxygen atoms in total. The van der Waals surface area contributed by atoms with Gasteiger partial charge in [0.05, 0.1) is 0 Å². The van der Waals surface area contributed by atoms with Crippen molar-refractivity contribution in [1.82, 2.24) is 5.32 Å². The Morgan fingerprint density at radius 2 is 2.27 bits per heavy atom. The molecule has 1 aromatic rings. The average Bonchev–Trinajstić information content (AvgIpc) is 3.09. The molecule has 0 spiro atoms. The van der Waals surface area contributed by atoms with Crippen LogP contribution in [0.25, 0.3) is 0 Å². The minimum absolute atomic E-state index is 0.0220. The molecule has 3 rings (SSSR count). The molecule has 0 radical (unpaired) electrons. The Balaban J connectivity index is 1.51. The largest absolute Gasteiger partial charge is 0.368 e. The normalized spacial score (nSPS) is 25.1. The van der Waals surface area contributed by atoms with Crippen LogP contribution in [0.5, 0.6) is 0 Å². The van der Waals surface area contributed by atoms with Gasteiger partial charge in [0.25, 0.3) is 5.91 Å². The summed E-state index contributed by atoms with van der Waals surface area (Å²) in [6.45, 7) is 1.55. The summed E-state index contributed by atoms with van der Waals surface area (Å²) in [5.74, 6) is 2.48. The Morgan fingerprint density at radius 1 is 1.32 bits per heavy atom. The molecule has 2 aliphatic heterocycles. The standard InChI is InChI=1S/C17H24N2O2S/c20-17(16-7-2-8-21-16)19-14-5-1-4-13(10-14)11-18-15-6-3-9-22-12-15/h1,4-5,10,15-16,18H,2-3,6-9,11-12H2,(H,19,20). The zero-order valence-electron chi connectivity index (χ0n) is 12.8. The van der Waals surface area contributed by atoms with E-state index >= 15 is 0 Å². The van der Waals surface area contributed by atoms with Gasteiger partial charge in [-0.1, -0.05) is 12.1 Å². The maximum Gasteiger partial charge on any atom is 0.253 e. The van der Waals surface area contributed by atoms with Crippen molar-refractivity contribution < 1.29 is 9.53 Å². The number of ether oxygens (including phenoxy) is 1. The highest BCUT2D eigenvalue weighted by atomic mass is 32.2. The van der Waals surface area contributed by atoms with Crippen molar-refractivity contribution in [2.24, 2.45) is 0 Å². The molecule has 0 aliphatic carbocycles. The fourth-order valence-corrected chi connectivity index (χ4v) is 4.04. The molecule has 0 bridgehead atoms. The monoisotopic (exact) mass is 320 g/mol. The van der Waals surface area contributed by atoms with Crippen molar-refractivity contribution in [3.05, 3.63) is 29.8 Å². The quantitative estimate of drug-likeness (QED) is 0.876. The van der Waals surface area contributed by atoms with Crippen molar-refractivity contribution in [1.29, 1.82) is 0 Å². The molecule has 2 heterocycles. The lowest BCUT2D eigenvalue weighted by Gasteiger charge is -2.22. The maximum atomic E-state index is 12.1. The Morgan fingerprint density at radius 3 is 3.05 bits per heavy atom. The van der Waals surface area contributed by atoms with Gasteiger partial charge < -0.3 is 15.4 Å². The molecule has 5 heteroatoms. The SMILES string of the molecule is O=C(Nc1cccc(CNC2CCCSC2)c1)C1CCCO1. The van der Waals surface area contributed by atoms with Crippen LogP contribution in [0.4, 0.5) is 5.69 Å². The van der Waals surface area contributed by atoms with Crippen LogP contribution in [0, 0.1) is 0 Å². The fraction of sp³-hybridized carbons (Fsp3) is 0.588. The van der Waals surface area contributed by atoms with Gasteiger partial charge in [-0.05, 0) is 49.1 Å². The third-order valence-corrected chi connectivity index (χ3v) is 5.39. The van der Waals surface area contributed by atoms with E-state index in [4.69, 9.17) is 4.74 Å². The van der Waals surface area contributed by atoms with Gasteiger partial charge in [-0.2, -0.15) is 11.8 Å². The molecule has 2 fully saturated rings. The zero-order valence-corrected chi connectivity index (χ0v) is 13.7. The highest BCUT2D eigenvalue weighted by Crippen LogP contribution is 2.19. The second-order valence-electron chi connectivity index (χ2n) is 5.99. The lowest BCUT2D eigenvalue weighted by Crippen LogP contribution is -2.33. The highest BCUT2D eigenvalue weighted by Gasteiger charge is 2.23. The molecule has 2 atom stereocenters. The van der Waals surface area contributed by atoms with Crippen molar-refractivity contribution >= 4 is 23.4 Å². The molecule has 1 amide bonds. The van der Waals surface area contributed by atoms with Gasteiger partial charge in [-0.25, -0.2) is 0 Å². The van der Waals surface area contributed by atoms with Gasteiger partial charge in [0.1, 0.15) is 6.10 Å². The van der Waals surface area contributed by atoms with E-state index in [0.717, 1.165) is 25.1 Å². The summed E-state index contributed by atoms with van der Waals surface area (Å²) in [4.78, 5) is 12.1. The van der Waals surface area contributed by atoms with E-state index in [2.05, 4.69) is 22.8 Å². The molecule has 2 unspecified atom stereocenters. The van der Waals surface area contributed by atoms with Gasteiger partial charge in [0.2, 0.25) is 0 Å². The summed E-state index contributed by atoms with van der Waals surface area (Å²) >= 11 is 2.03. The van der Waals surface area contributed by atoms with Crippen molar-refractivity contribution in [2.75, 3.05) is 23.4 Å². The summed E-state index contributed by atoms with van der Waals surface area (Å²) < 4.78 is 5.42. The summed E-state index contributed by atoms with van der Waals surface area (Å²) in [7, 11) is 0. The fourth-order valence-electron chi connectivity index (χ4n) is 2.93. The average molecular weight is 320 g/mol. The topological polar surface area (TPSA) is 50.4 Å². The Kier molecular flexibility index (Phi) is 5.76. The van der Waals surface area contributed by atoms with Crippen LogP contribution in [-0.2, 0) is 16.1 Å². The van der Waals surface area contributed by atoms with E-state index in [9.17, 15) is 4.79 Å². The maximum absolute atomic E-state index is 12.1. The summed E-state index contributed by atoms with van der Waals surface area (Å²) in [6.07, 6.45) is 4.09. The van der Waals surface area contributed by atoms with Crippen molar-refractivity contribution in [2.45, 2.75) is 44.4 Å². The van der Waals surface area contributed by atoms with E-state index in [1.54, 1.807) is 0 Å². The Hall–Kier alpha value is -1.04. The van der Waals surface area contributed by atoms with Crippen LogP contribution in [0.15, 0.2) is 24.3 Å². The van der Waals surface area contributed by atoms with Crippen LogP contribution in [0.3, 0.4) is 0 Å². The molecule has 22 heavy (non-hydrogen) atoms. The summed E-state index contributed by atoms with van der Waals surface area (Å²) in [6, 6.07) is 8.70. The molecule has 1 aromatic carbocycles. The molecule has 120 valence electrons. The second-order valence-corrected chi connectivity index (χ2v) is 7.14. The Bertz CT molecular complexity index is 497. The first-order valence-electron chi connectivity index (χ1n) is 8.14. The summed E-state index contributed by atoms with van der Waals surface area (Å²) in [5.41, 5.74) is 2.07. The van der Waals surface area contributed by atoms with Crippen LogP contribution in [-0.4, -0.2) is 36.2 Å². The van der Waals surface area contributed by atoms with E-state index in [-0.39, 0.29) is 12.0 Å². The number of nitrogens with one attached hydrogen (secondary N) is 2. The number of anilines is 1. The third-order valence-electron chi connectivity index (χ3n) is 4.17. The number of hydrogen-bond acceptors (Lipinski definition) is 4. The third kappa shape index (κ3) is 4.48. The number of hydrogen-bond donors (Lipinski definition) is 2. The number of amides is 1. The zero-order chi connectivity index (χ0) is 15.2. The highest BCUT2D eigenvalue weighted by molar-refractivity contribution is 7.99. The second kappa shape index (κ2) is 7.99. The number of benzene rings is 1. The number of carbonyl (C=O) groups is 1. The Labute approximate surface area is 136 Å². The molecule has 2 N–H and O–H groups in total. The van der Waals surface area contributed by atoms with Gasteiger partial charge in [-0.15, -0.1) is 0 Å². The number of rotatable bonds is 5. The minimum Gasteiger partial charge on any atom is -0.368 e. The number of carbonyl (C=O) groups excluding carboxylic acids is 1. The molecule has 2 saturated heterocycles. The van der Waals surface area contributed by atoms with Crippen LogP contribution >= 0.6 is 11.8 Å². The van der Waals surface area contributed by atoms with Gasteiger partial charge in [-0.3, -0.25) is 4.79 Å². The van der Waals surface area contributed by atoms with Gasteiger partial charge >= 0.3 is 0 Å². The van der Waals surface area contributed by atoms with E-state index in [0.29, 0.717) is 12.6 Å². The van der Waals surface area contributed by atoms with Gasteiger partial charge in [0, 0.05) is 30.6 Å². The molecular formula is C17H24N2O2S. The van der Waals surface area contributed by atoms with Crippen molar-refractivity contribution in [3.63, 3.8) is 0 Å². The predicted molar refractivity (Wildman–Crippen MR) is 91.2 cm³/mol. The van der Waals surface area contributed by atoms with Crippen LogP contribution < -0.4 is 10.6 Å². The van der Waals surface area contributed by atoms with Crippen molar-refractivity contribution in [3.8, 4) is 0 Å². The van der Waals surface area contributed by atoms with Crippen LogP contribution in [0.1, 0.15) is 31.2 Å². The lowest BCUT2D eigenvalue weighted by molar-refractivity contribution is -0.124.